The quantitative estimate of drug-likeness (QED) is 0.931. The third-order valence-electron chi connectivity index (χ3n) is 5.00. The molecule has 0 aromatic heterocycles. The first-order valence-electron chi connectivity index (χ1n) is 7.95. The Morgan fingerprint density at radius 2 is 1.90 bits per heavy atom. The number of nitrogens with zero attached hydrogens (tertiary/aromatic N) is 1. The van der Waals surface area contributed by atoms with E-state index in [0.29, 0.717) is 18.0 Å². The molecule has 1 unspecified atom stereocenters. The third kappa shape index (κ3) is 2.69. The lowest BCUT2D eigenvalue weighted by Gasteiger charge is -2.40. The van der Waals surface area contributed by atoms with Crippen LogP contribution in [0.3, 0.4) is 0 Å². The van der Waals surface area contributed by atoms with E-state index in [2.05, 4.69) is 34.5 Å². The van der Waals surface area contributed by atoms with Crippen LogP contribution in [-0.4, -0.2) is 29.9 Å². The number of hydrogen-bond acceptors (Lipinski definition) is 2. The molecule has 1 aromatic carbocycles. The fourth-order valence-electron chi connectivity index (χ4n) is 3.63. The number of rotatable bonds is 3. The SMILES string of the molecule is Cl.O=C(C1CNC1)N(C1CC1)C1CCCc2ccccc21. The molecule has 4 heteroatoms. The highest BCUT2D eigenvalue weighted by molar-refractivity contribution is 5.85. The van der Waals surface area contributed by atoms with E-state index in [-0.39, 0.29) is 18.3 Å². The summed E-state index contributed by atoms with van der Waals surface area (Å²) in [4.78, 5) is 15.1. The molecule has 3 aliphatic rings. The maximum atomic E-state index is 12.8. The topological polar surface area (TPSA) is 32.3 Å². The lowest BCUT2D eigenvalue weighted by molar-refractivity contribution is -0.140. The molecule has 1 N–H and O–H groups in total. The molecule has 1 aromatic rings. The first kappa shape index (κ1) is 14.9. The van der Waals surface area contributed by atoms with Crippen LogP contribution in [0.2, 0.25) is 0 Å². The minimum absolute atomic E-state index is 0. The van der Waals surface area contributed by atoms with Crippen LogP contribution in [0.1, 0.15) is 42.9 Å². The maximum absolute atomic E-state index is 12.8. The molecule has 1 atom stereocenters. The van der Waals surface area contributed by atoms with Gasteiger partial charge in [0.25, 0.3) is 0 Å². The third-order valence-corrected chi connectivity index (χ3v) is 5.00. The second-order valence-corrected chi connectivity index (χ2v) is 6.44. The number of carbonyl (C=O) groups excluding carboxylic acids is 1. The van der Waals surface area contributed by atoms with Crippen molar-refractivity contribution in [2.45, 2.75) is 44.2 Å². The van der Waals surface area contributed by atoms with Crippen molar-refractivity contribution in [2.24, 2.45) is 5.92 Å². The van der Waals surface area contributed by atoms with Crippen LogP contribution in [0.25, 0.3) is 0 Å². The zero-order valence-electron chi connectivity index (χ0n) is 12.3. The van der Waals surface area contributed by atoms with Crippen LogP contribution < -0.4 is 5.32 Å². The number of hydrogen-bond donors (Lipinski definition) is 1. The Morgan fingerprint density at radius 1 is 1.14 bits per heavy atom. The normalized spacial score (nSPS) is 24.5. The molecule has 1 heterocycles. The van der Waals surface area contributed by atoms with Crippen molar-refractivity contribution < 1.29 is 4.79 Å². The molecule has 4 rings (SSSR count). The summed E-state index contributed by atoms with van der Waals surface area (Å²) < 4.78 is 0. The van der Waals surface area contributed by atoms with Gasteiger partial charge in [-0.3, -0.25) is 4.79 Å². The summed E-state index contributed by atoms with van der Waals surface area (Å²) in [6.45, 7) is 1.74. The Hall–Kier alpha value is -1.06. The summed E-state index contributed by atoms with van der Waals surface area (Å²) in [6, 6.07) is 9.57. The average Bonchev–Trinajstić information content (AvgIpc) is 3.22. The van der Waals surface area contributed by atoms with Crippen LogP contribution >= 0.6 is 12.4 Å². The van der Waals surface area contributed by atoms with Crippen LogP contribution in [0.15, 0.2) is 24.3 Å². The van der Waals surface area contributed by atoms with E-state index in [0.717, 1.165) is 19.5 Å². The van der Waals surface area contributed by atoms with Crippen LogP contribution in [0, 0.1) is 5.92 Å². The van der Waals surface area contributed by atoms with Gasteiger partial charge in [0.15, 0.2) is 0 Å². The summed E-state index contributed by atoms with van der Waals surface area (Å²) in [5.41, 5.74) is 2.86. The van der Waals surface area contributed by atoms with Crippen molar-refractivity contribution in [3.8, 4) is 0 Å². The van der Waals surface area contributed by atoms with E-state index in [1.165, 1.54) is 36.8 Å². The van der Waals surface area contributed by atoms with Gasteiger partial charge < -0.3 is 10.2 Å². The molecule has 0 spiro atoms. The molecule has 1 amide bonds. The molecule has 0 bridgehead atoms. The number of halogens is 1. The summed E-state index contributed by atoms with van der Waals surface area (Å²) in [6.07, 6.45) is 5.92. The summed E-state index contributed by atoms with van der Waals surface area (Å²) in [7, 11) is 0. The Morgan fingerprint density at radius 3 is 2.57 bits per heavy atom. The van der Waals surface area contributed by atoms with Crippen LogP contribution in [-0.2, 0) is 11.2 Å². The van der Waals surface area contributed by atoms with Gasteiger partial charge in [-0.15, -0.1) is 12.4 Å². The predicted molar refractivity (Wildman–Crippen MR) is 85.6 cm³/mol. The molecule has 0 radical (unpaired) electrons. The van der Waals surface area contributed by atoms with Gasteiger partial charge in [0.1, 0.15) is 0 Å². The van der Waals surface area contributed by atoms with E-state index in [4.69, 9.17) is 0 Å². The molecule has 114 valence electrons. The number of carbonyl (C=O) groups is 1. The number of aryl methyl sites for hydroxylation is 1. The van der Waals surface area contributed by atoms with E-state index < -0.39 is 0 Å². The molecular formula is C17H23ClN2O. The van der Waals surface area contributed by atoms with E-state index in [1.807, 2.05) is 0 Å². The van der Waals surface area contributed by atoms with Crippen LogP contribution in [0.4, 0.5) is 0 Å². The largest absolute Gasteiger partial charge is 0.332 e. The predicted octanol–water partition coefficient (Wildman–Crippen LogP) is 2.70. The molecule has 1 saturated carbocycles. The van der Waals surface area contributed by atoms with Gasteiger partial charge >= 0.3 is 0 Å². The molecule has 21 heavy (non-hydrogen) atoms. The molecule has 3 nitrogen and oxygen atoms in total. The molecular weight excluding hydrogens is 284 g/mol. The highest BCUT2D eigenvalue weighted by Gasteiger charge is 2.42. The Bertz CT molecular complexity index is 525. The van der Waals surface area contributed by atoms with Crippen molar-refractivity contribution in [3.63, 3.8) is 0 Å². The molecule has 2 aliphatic carbocycles. The summed E-state index contributed by atoms with van der Waals surface area (Å²) in [5.74, 6) is 0.623. The average molecular weight is 307 g/mol. The van der Waals surface area contributed by atoms with Crippen molar-refractivity contribution in [3.05, 3.63) is 35.4 Å². The first-order valence-corrected chi connectivity index (χ1v) is 7.95. The van der Waals surface area contributed by atoms with Crippen LogP contribution in [0.5, 0.6) is 0 Å². The van der Waals surface area contributed by atoms with Gasteiger partial charge in [-0.05, 0) is 43.2 Å². The minimum atomic E-state index is 0. The Labute approximate surface area is 132 Å². The molecule has 2 fully saturated rings. The molecule has 1 aliphatic heterocycles. The number of amides is 1. The lowest BCUT2D eigenvalue weighted by Crippen LogP contribution is -2.53. The number of benzene rings is 1. The maximum Gasteiger partial charge on any atom is 0.229 e. The van der Waals surface area contributed by atoms with Gasteiger partial charge in [-0.1, -0.05) is 24.3 Å². The first-order chi connectivity index (χ1) is 9.84. The van der Waals surface area contributed by atoms with Gasteiger partial charge in [0.05, 0.1) is 12.0 Å². The second-order valence-electron chi connectivity index (χ2n) is 6.44. The lowest BCUT2D eigenvalue weighted by atomic mass is 9.86. The van der Waals surface area contributed by atoms with Gasteiger partial charge in [-0.25, -0.2) is 0 Å². The van der Waals surface area contributed by atoms with Gasteiger partial charge in [-0.2, -0.15) is 0 Å². The van der Waals surface area contributed by atoms with E-state index in [9.17, 15) is 4.79 Å². The second kappa shape index (κ2) is 5.98. The highest BCUT2D eigenvalue weighted by atomic mass is 35.5. The fourth-order valence-corrected chi connectivity index (χ4v) is 3.63. The standard InChI is InChI=1S/C17H22N2O.ClH/c20-17(13-10-18-11-13)19(14-8-9-14)16-7-3-5-12-4-1-2-6-15(12)16;/h1-2,4,6,13-14,16,18H,3,5,7-11H2;1H. The fraction of sp³-hybridized carbons (Fsp3) is 0.588. The molecule has 1 saturated heterocycles. The Balaban J connectivity index is 0.00000132. The Kier molecular flexibility index (Phi) is 4.23. The highest BCUT2D eigenvalue weighted by Crippen LogP contribution is 2.41. The smallest absolute Gasteiger partial charge is 0.229 e. The van der Waals surface area contributed by atoms with Gasteiger partial charge in [0.2, 0.25) is 5.91 Å². The zero-order valence-corrected chi connectivity index (χ0v) is 13.1. The minimum Gasteiger partial charge on any atom is -0.332 e. The number of nitrogens with one attached hydrogen (secondary N) is 1. The van der Waals surface area contributed by atoms with Crippen molar-refractivity contribution in [1.82, 2.24) is 10.2 Å². The van der Waals surface area contributed by atoms with Gasteiger partial charge in [0, 0.05) is 19.1 Å². The van der Waals surface area contributed by atoms with Crippen molar-refractivity contribution >= 4 is 18.3 Å². The van der Waals surface area contributed by atoms with Crippen molar-refractivity contribution in [2.75, 3.05) is 13.1 Å². The zero-order chi connectivity index (χ0) is 13.5. The van der Waals surface area contributed by atoms with E-state index >= 15 is 0 Å². The van der Waals surface area contributed by atoms with Crippen molar-refractivity contribution in [1.29, 1.82) is 0 Å². The number of fused-ring (bicyclic) bond motifs is 1. The van der Waals surface area contributed by atoms with E-state index in [1.54, 1.807) is 0 Å². The summed E-state index contributed by atoms with van der Waals surface area (Å²) in [5, 5.41) is 3.23. The monoisotopic (exact) mass is 306 g/mol. The summed E-state index contributed by atoms with van der Waals surface area (Å²) >= 11 is 0.